The number of rotatable bonds is 6. The maximum Gasteiger partial charge on any atom is 0.123 e. The molecular weight excluding hydrogens is 344 g/mol. The first kappa shape index (κ1) is 17.9. The Morgan fingerprint density at radius 2 is 1.93 bits per heavy atom. The molecule has 3 heteroatoms. The molecule has 0 radical (unpaired) electrons. The standard InChI is InChI=1S/C25H32N2O/c1-3-15-25(2)17-27(23-10-5-4-9-22(23)26-25)19-11-14-24(28-20-12-13-20)21(16-19)18-7-6-8-18/h4-5,9-11,14,16,18,20,26H,3,6-8,12-13,15,17H2,1-2H3. The van der Waals surface area contributed by atoms with Crippen LogP contribution in [0.15, 0.2) is 42.5 Å². The molecule has 28 heavy (non-hydrogen) atoms. The summed E-state index contributed by atoms with van der Waals surface area (Å²) >= 11 is 0. The van der Waals surface area contributed by atoms with Crippen LogP contribution in [-0.4, -0.2) is 18.2 Å². The van der Waals surface area contributed by atoms with E-state index in [9.17, 15) is 0 Å². The quantitative estimate of drug-likeness (QED) is 0.613. The molecule has 0 spiro atoms. The summed E-state index contributed by atoms with van der Waals surface area (Å²) in [6, 6.07) is 15.7. The zero-order valence-corrected chi connectivity index (χ0v) is 17.2. The third-order valence-electron chi connectivity index (χ3n) is 6.61. The minimum atomic E-state index is 0.0862. The van der Waals surface area contributed by atoms with Gasteiger partial charge in [-0.15, -0.1) is 0 Å². The molecule has 1 heterocycles. The molecular formula is C25H32N2O. The molecule has 5 rings (SSSR count). The van der Waals surface area contributed by atoms with E-state index in [-0.39, 0.29) is 5.54 Å². The lowest BCUT2D eigenvalue weighted by Gasteiger charge is -2.44. The van der Waals surface area contributed by atoms with E-state index in [4.69, 9.17) is 4.74 Å². The van der Waals surface area contributed by atoms with Gasteiger partial charge >= 0.3 is 0 Å². The first-order valence-corrected chi connectivity index (χ1v) is 11.1. The summed E-state index contributed by atoms with van der Waals surface area (Å²) in [4.78, 5) is 2.52. The number of para-hydroxylation sites is 2. The molecule has 148 valence electrons. The molecule has 1 N–H and O–H groups in total. The average molecular weight is 377 g/mol. The van der Waals surface area contributed by atoms with E-state index in [1.807, 2.05) is 0 Å². The number of benzene rings is 2. The van der Waals surface area contributed by atoms with Gasteiger partial charge in [0.05, 0.1) is 23.0 Å². The summed E-state index contributed by atoms with van der Waals surface area (Å²) in [7, 11) is 0. The van der Waals surface area contributed by atoms with Gasteiger partial charge in [-0.05, 0) is 80.8 Å². The average Bonchev–Trinajstić information content (AvgIpc) is 3.45. The van der Waals surface area contributed by atoms with Crippen molar-refractivity contribution in [3.8, 4) is 5.75 Å². The maximum absolute atomic E-state index is 6.27. The predicted octanol–water partition coefficient (Wildman–Crippen LogP) is 6.62. The highest BCUT2D eigenvalue weighted by molar-refractivity contribution is 5.80. The number of nitrogens with zero attached hydrogens (tertiary/aromatic N) is 1. The molecule has 3 aliphatic rings. The molecule has 0 saturated heterocycles. The van der Waals surface area contributed by atoms with Crippen LogP contribution in [0.3, 0.4) is 0 Å². The smallest absolute Gasteiger partial charge is 0.123 e. The lowest BCUT2D eigenvalue weighted by Crippen LogP contribution is -2.48. The first-order chi connectivity index (χ1) is 13.6. The van der Waals surface area contributed by atoms with Crippen LogP contribution >= 0.6 is 0 Å². The van der Waals surface area contributed by atoms with E-state index in [2.05, 4.69) is 66.5 Å². The Morgan fingerprint density at radius 1 is 1.11 bits per heavy atom. The van der Waals surface area contributed by atoms with Crippen LogP contribution in [0.2, 0.25) is 0 Å². The first-order valence-electron chi connectivity index (χ1n) is 11.1. The Balaban J connectivity index is 1.53. The second-order valence-electron chi connectivity index (χ2n) is 9.21. The monoisotopic (exact) mass is 376 g/mol. The Hall–Kier alpha value is -2.16. The van der Waals surface area contributed by atoms with Gasteiger partial charge in [0.1, 0.15) is 5.75 Å². The number of hydrogen-bond acceptors (Lipinski definition) is 3. The molecule has 3 nitrogen and oxygen atoms in total. The molecule has 1 aliphatic heterocycles. The summed E-state index contributed by atoms with van der Waals surface area (Å²) in [5.41, 5.74) is 5.35. The predicted molar refractivity (Wildman–Crippen MR) is 117 cm³/mol. The van der Waals surface area contributed by atoms with E-state index in [1.54, 1.807) is 0 Å². The van der Waals surface area contributed by atoms with E-state index in [1.165, 1.54) is 61.2 Å². The minimum Gasteiger partial charge on any atom is -0.490 e. The van der Waals surface area contributed by atoms with Crippen LogP contribution in [0.4, 0.5) is 17.1 Å². The van der Waals surface area contributed by atoms with Gasteiger partial charge in [0.15, 0.2) is 0 Å². The molecule has 2 saturated carbocycles. The van der Waals surface area contributed by atoms with Crippen LogP contribution < -0.4 is 15.0 Å². The van der Waals surface area contributed by atoms with Crippen molar-refractivity contribution < 1.29 is 4.74 Å². The molecule has 0 bridgehead atoms. The van der Waals surface area contributed by atoms with Gasteiger partial charge in [-0.2, -0.15) is 0 Å². The summed E-state index contributed by atoms with van der Waals surface area (Å²) in [5, 5.41) is 3.81. The Kier molecular flexibility index (Phi) is 4.49. The number of ether oxygens (including phenoxy) is 1. The lowest BCUT2D eigenvalue weighted by molar-refractivity contribution is 0.291. The topological polar surface area (TPSA) is 24.5 Å². The zero-order valence-electron chi connectivity index (χ0n) is 17.2. The highest BCUT2D eigenvalue weighted by atomic mass is 16.5. The van der Waals surface area contributed by atoms with Crippen molar-refractivity contribution in [3.63, 3.8) is 0 Å². The van der Waals surface area contributed by atoms with Crippen molar-refractivity contribution in [2.24, 2.45) is 0 Å². The van der Waals surface area contributed by atoms with Gasteiger partial charge in [0, 0.05) is 12.2 Å². The van der Waals surface area contributed by atoms with E-state index < -0.39 is 0 Å². The van der Waals surface area contributed by atoms with Crippen molar-refractivity contribution in [2.45, 2.75) is 76.4 Å². The molecule has 2 aromatic carbocycles. The summed E-state index contributed by atoms with van der Waals surface area (Å²) in [6.07, 6.45) is 9.18. The van der Waals surface area contributed by atoms with Crippen molar-refractivity contribution in [3.05, 3.63) is 48.0 Å². The second-order valence-corrected chi connectivity index (χ2v) is 9.21. The summed E-state index contributed by atoms with van der Waals surface area (Å²) in [6.45, 7) is 5.62. The number of nitrogens with one attached hydrogen (secondary N) is 1. The molecule has 2 aliphatic carbocycles. The molecule has 2 aromatic rings. The molecule has 1 atom stereocenters. The van der Waals surface area contributed by atoms with Gasteiger partial charge in [-0.25, -0.2) is 0 Å². The third kappa shape index (κ3) is 3.36. The van der Waals surface area contributed by atoms with Gasteiger partial charge < -0.3 is 15.0 Å². The van der Waals surface area contributed by atoms with E-state index in [0.717, 1.165) is 18.7 Å². The maximum atomic E-state index is 6.27. The lowest BCUT2D eigenvalue weighted by atomic mass is 9.79. The fourth-order valence-corrected chi connectivity index (χ4v) is 4.75. The van der Waals surface area contributed by atoms with Gasteiger partial charge in [0.2, 0.25) is 0 Å². The highest BCUT2D eigenvalue weighted by Gasteiger charge is 2.34. The van der Waals surface area contributed by atoms with Crippen LogP contribution in [-0.2, 0) is 0 Å². The molecule has 0 amide bonds. The fraction of sp³-hybridized carbons (Fsp3) is 0.520. The Morgan fingerprint density at radius 3 is 2.64 bits per heavy atom. The largest absolute Gasteiger partial charge is 0.490 e. The van der Waals surface area contributed by atoms with E-state index in [0.29, 0.717) is 12.0 Å². The van der Waals surface area contributed by atoms with Crippen LogP contribution in [0, 0.1) is 0 Å². The zero-order chi connectivity index (χ0) is 19.1. The van der Waals surface area contributed by atoms with Crippen molar-refractivity contribution in [2.75, 3.05) is 16.8 Å². The number of anilines is 3. The molecule has 0 aromatic heterocycles. The van der Waals surface area contributed by atoms with Crippen LogP contribution in [0.5, 0.6) is 5.75 Å². The van der Waals surface area contributed by atoms with Gasteiger partial charge in [-0.3, -0.25) is 0 Å². The number of fused-ring (bicyclic) bond motifs is 1. The SMILES string of the molecule is CCCC1(C)CN(c2ccc(OC3CC3)c(C3CCC3)c2)c2ccccc2N1. The van der Waals surface area contributed by atoms with Crippen molar-refractivity contribution >= 4 is 17.1 Å². The van der Waals surface area contributed by atoms with Gasteiger partial charge in [-0.1, -0.05) is 31.9 Å². The van der Waals surface area contributed by atoms with Crippen molar-refractivity contribution in [1.29, 1.82) is 0 Å². The van der Waals surface area contributed by atoms with Crippen LogP contribution in [0.1, 0.15) is 70.3 Å². The summed E-state index contributed by atoms with van der Waals surface area (Å²) in [5.74, 6) is 1.81. The second kappa shape index (κ2) is 7.02. The normalized spacial score (nSPS) is 24.3. The molecule has 1 unspecified atom stereocenters. The Labute approximate surface area is 169 Å². The highest BCUT2D eigenvalue weighted by Crippen LogP contribution is 2.46. The number of hydrogen-bond donors (Lipinski definition) is 1. The van der Waals surface area contributed by atoms with Crippen molar-refractivity contribution in [1.82, 2.24) is 0 Å². The summed E-state index contributed by atoms with van der Waals surface area (Å²) < 4.78 is 6.27. The Bertz CT molecular complexity index is 855. The third-order valence-corrected chi connectivity index (χ3v) is 6.61. The van der Waals surface area contributed by atoms with Crippen LogP contribution in [0.25, 0.3) is 0 Å². The van der Waals surface area contributed by atoms with E-state index >= 15 is 0 Å². The van der Waals surface area contributed by atoms with Gasteiger partial charge in [0.25, 0.3) is 0 Å². The molecule has 2 fully saturated rings. The fourth-order valence-electron chi connectivity index (χ4n) is 4.75. The minimum absolute atomic E-state index is 0.0862.